The molecule has 0 aromatic carbocycles. The topological polar surface area (TPSA) is 35.5 Å². The lowest BCUT2D eigenvalue weighted by molar-refractivity contribution is 0.0369. The molecular weight excluding hydrogens is 188 g/mol. The number of aliphatic hydroxyl groups excluding tert-OH is 1. The van der Waals surface area contributed by atoms with Gasteiger partial charge in [-0.1, -0.05) is 0 Å². The molecule has 3 nitrogen and oxygen atoms in total. The molecule has 0 unspecified atom stereocenters. The molecule has 0 spiro atoms. The molecule has 0 aromatic rings. The van der Waals surface area contributed by atoms with E-state index in [1.54, 1.807) is 0 Å². The zero-order valence-electron chi connectivity index (χ0n) is 9.78. The fraction of sp³-hybridized carbons (Fsp3) is 1.00. The van der Waals surface area contributed by atoms with E-state index < -0.39 is 0 Å². The van der Waals surface area contributed by atoms with E-state index in [4.69, 9.17) is 0 Å². The predicted octanol–water partition coefficient (Wildman–Crippen LogP) is 0.831. The van der Waals surface area contributed by atoms with Crippen LogP contribution in [0.5, 0.6) is 0 Å². The summed E-state index contributed by atoms with van der Waals surface area (Å²) in [5.41, 5.74) is 0. The van der Waals surface area contributed by atoms with Gasteiger partial charge in [0.25, 0.3) is 0 Å². The summed E-state index contributed by atoms with van der Waals surface area (Å²) in [5, 5.41) is 13.1. The molecule has 88 valence electrons. The first-order valence-electron chi connectivity index (χ1n) is 6.40. The Balaban J connectivity index is 1.85. The van der Waals surface area contributed by atoms with E-state index in [2.05, 4.69) is 10.2 Å². The number of hydrogen-bond acceptors (Lipinski definition) is 3. The summed E-state index contributed by atoms with van der Waals surface area (Å²) in [6.07, 6.45) is 4.91. The molecule has 0 aliphatic carbocycles. The number of nitrogens with zero attached hydrogens (tertiary/aromatic N) is 1. The summed E-state index contributed by atoms with van der Waals surface area (Å²) in [6.45, 7) is 6.63. The summed E-state index contributed by atoms with van der Waals surface area (Å²) in [5.74, 6) is 0.508. The third-order valence-corrected chi connectivity index (χ3v) is 4.00. The van der Waals surface area contributed by atoms with Crippen molar-refractivity contribution < 1.29 is 5.11 Å². The highest BCUT2D eigenvalue weighted by molar-refractivity contribution is 4.83. The van der Waals surface area contributed by atoms with Gasteiger partial charge in [-0.3, -0.25) is 4.90 Å². The fourth-order valence-corrected chi connectivity index (χ4v) is 2.94. The van der Waals surface area contributed by atoms with Crippen LogP contribution in [0.4, 0.5) is 0 Å². The summed E-state index contributed by atoms with van der Waals surface area (Å²) in [6, 6.07) is 0.771. The number of hydrogen-bond donors (Lipinski definition) is 2. The van der Waals surface area contributed by atoms with Gasteiger partial charge in [0.05, 0.1) is 6.10 Å². The highest BCUT2D eigenvalue weighted by Crippen LogP contribution is 2.24. The highest BCUT2D eigenvalue weighted by Gasteiger charge is 2.28. The molecule has 2 rings (SSSR count). The molecule has 3 heteroatoms. The summed E-state index contributed by atoms with van der Waals surface area (Å²) in [4.78, 5) is 2.61. The van der Waals surface area contributed by atoms with Gasteiger partial charge < -0.3 is 10.4 Å². The maximum absolute atomic E-state index is 9.65. The Kier molecular flexibility index (Phi) is 4.00. The van der Waals surface area contributed by atoms with Crippen molar-refractivity contribution in [2.45, 2.75) is 44.8 Å². The second-order valence-corrected chi connectivity index (χ2v) is 5.12. The molecule has 2 atom stereocenters. The summed E-state index contributed by atoms with van der Waals surface area (Å²) < 4.78 is 0. The Morgan fingerprint density at radius 2 is 2.00 bits per heavy atom. The SMILES string of the molecule is C[C@H](O)[C@@H]1CCCN(C2CCNCC2)C1. The van der Waals surface area contributed by atoms with Gasteiger partial charge in [0.1, 0.15) is 0 Å². The van der Waals surface area contributed by atoms with Crippen molar-refractivity contribution in [3.63, 3.8) is 0 Å². The maximum atomic E-state index is 9.65. The van der Waals surface area contributed by atoms with Crippen molar-refractivity contribution in [3.8, 4) is 0 Å². The molecule has 2 aliphatic rings. The molecule has 2 N–H and O–H groups in total. The van der Waals surface area contributed by atoms with E-state index in [1.807, 2.05) is 6.92 Å². The Bertz CT molecular complexity index is 190. The quantitative estimate of drug-likeness (QED) is 0.712. The van der Waals surface area contributed by atoms with Crippen LogP contribution in [0.25, 0.3) is 0 Å². The first-order chi connectivity index (χ1) is 7.27. The molecule has 0 amide bonds. The minimum absolute atomic E-state index is 0.130. The molecule has 2 saturated heterocycles. The maximum Gasteiger partial charge on any atom is 0.0552 e. The zero-order valence-corrected chi connectivity index (χ0v) is 9.78. The first-order valence-corrected chi connectivity index (χ1v) is 6.40. The van der Waals surface area contributed by atoms with E-state index >= 15 is 0 Å². The van der Waals surface area contributed by atoms with Gasteiger partial charge in [-0.05, 0) is 58.2 Å². The van der Waals surface area contributed by atoms with Crippen LogP contribution < -0.4 is 5.32 Å². The second kappa shape index (κ2) is 5.28. The lowest BCUT2D eigenvalue weighted by Gasteiger charge is -2.40. The Hall–Kier alpha value is -0.120. The molecular formula is C12H24N2O. The molecule has 2 aliphatic heterocycles. The van der Waals surface area contributed by atoms with Crippen LogP contribution >= 0.6 is 0 Å². The van der Waals surface area contributed by atoms with Gasteiger partial charge in [0, 0.05) is 12.6 Å². The third-order valence-electron chi connectivity index (χ3n) is 4.00. The average Bonchev–Trinajstić information content (AvgIpc) is 2.30. The molecule has 0 saturated carbocycles. The van der Waals surface area contributed by atoms with Gasteiger partial charge in [0.2, 0.25) is 0 Å². The first kappa shape index (κ1) is 11.4. The minimum atomic E-state index is -0.130. The minimum Gasteiger partial charge on any atom is -0.393 e. The van der Waals surface area contributed by atoms with Crippen molar-refractivity contribution in [2.75, 3.05) is 26.2 Å². The number of nitrogens with one attached hydrogen (secondary N) is 1. The molecule has 15 heavy (non-hydrogen) atoms. The normalized spacial score (nSPS) is 32.8. The monoisotopic (exact) mass is 212 g/mol. The van der Waals surface area contributed by atoms with Crippen LogP contribution in [-0.2, 0) is 0 Å². The zero-order chi connectivity index (χ0) is 10.7. The summed E-state index contributed by atoms with van der Waals surface area (Å²) >= 11 is 0. The van der Waals surface area contributed by atoms with Crippen molar-refractivity contribution >= 4 is 0 Å². The lowest BCUT2D eigenvalue weighted by atomic mass is 9.91. The van der Waals surface area contributed by atoms with Crippen LogP contribution in [0.3, 0.4) is 0 Å². The average molecular weight is 212 g/mol. The van der Waals surface area contributed by atoms with E-state index in [0.29, 0.717) is 5.92 Å². The number of rotatable bonds is 2. The van der Waals surface area contributed by atoms with E-state index in [0.717, 1.165) is 12.6 Å². The molecule has 0 bridgehead atoms. The predicted molar refractivity (Wildman–Crippen MR) is 61.9 cm³/mol. The second-order valence-electron chi connectivity index (χ2n) is 5.12. The van der Waals surface area contributed by atoms with Gasteiger partial charge in [-0.2, -0.15) is 0 Å². The largest absolute Gasteiger partial charge is 0.393 e. The number of piperidine rings is 2. The van der Waals surface area contributed by atoms with E-state index in [-0.39, 0.29) is 6.10 Å². The van der Waals surface area contributed by atoms with Crippen LogP contribution in [0.2, 0.25) is 0 Å². The highest BCUT2D eigenvalue weighted by atomic mass is 16.3. The Morgan fingerprint density at radius 3 is 2.67 bits per heavy atom. The number of likely N-dealkylation sites (tertiary alicyclic amines) is 1. The van der Waals surface area contributed by atoms with E-state index in [1.165, 1.54) is 45.3 Å². The van der Waals surface area contributed by atoms with Crippen molar-refractivity contribution in [2.24, 2.45) is 5.92 Å². The van der Waals surface area contributed by atoms with Gasteiger partial charge in [0.15, 0.2) is 0 Å². The number of aliphatic hydroxyl groups is 1. The van der Waals surface area contributed by atoms with Crippen molar-refractivity contribution in [1.29, 1.82) is 0 Å². The Morgan fingerprint density at radius 1 is 1.27 bits per heavy atom. The van der Waals surface area contributed by atoms with Crippen molar-refractivity contribution in [1.82, 2.24) is 10.2 Å². The molecule has 2 heterocycles. The Labute approximate surface area is 92.8 Å². The van der Waals surface area contributed by atoms with E-state index in [9.17, 15) is 5.11 Å². The van der Waals surface area contributed by atoms with Gasteiger partial charge in [-0.25, -0.2) is 0 Å². The van der Waals surface area contributed by atoms with Crippen LogP contribution in [0.15, 0.2) is 0 Å². The molecule has 2 fully saturated rings. The van der Waals surface area contributed by atoms with Crippen LogP contribution in [-0.4, -0.2) is 48.3 Å². The van der Waals surface area contributed by atoms with Gasteiger partial charge >= 0.3 is 0 Å². The molecule has 0 aromatic heterocycles. The van der Waals surface area contributed by atoms with Crippen LogP contribution in [0, 0.1) is 5.92 Å². The fourth-order valence-electron chi connectivity index (χ4n) is 2.94. The third kappa shape index (κ3) is 2.92. The van der Waals surface area contributed by atoms with Crippen molar-refractivity contribution in [3.05, 3.63) is 0 Å². The standard InChI is InChI=1S/C12H24N2O/c1-10(15)11-3-2-8-14(9-11)12-4-6-13-7-5-12/h10-13,15H,2-9H2,1H3/t10-,11+/m0/s1. The van der Waals surface area contributed by atoms with Crippen LogP contribution in [0.1, 0.15) is 32.6 Å². The lowest BCUT2D eigenvalue weighted by Crippen LogP contribution is -2.48. The molecule has 0 radical (unpaired) electrons. The van der Waals surface area contributed by atoms with Gasteiger partial charge in [-0.15, -0.1) is 0 Å². The summed E-state index contributed by atoms with van der Waals surface area (Å²) in [7, 11) is 0. The smallest absolute Gasteiger partial charge is 0.0552 e.